The molecular weight excluding hydrogens is 397 g/mol. The smallest absolute Gasteiger partial charge is 0.414 e. The zero-order chi connectivity index (χ0) is 19.4. The maximum Gasteiger partial charge on any atom is 0.414 e. The topological polar surface area (TPSA) is 96.0 Å². The Bertz CT molecular complexity index is 907. The third-order valence-electron chi connectivity index (χ3n) is 5.02. The summed E-state index contributed by atoms with van der Waals surface area (Å²) in [6, 6.07) is 4.56. The minimum Gasteiger partial charge on any atom is -0.443 e. The Morgan fingerprint density at radius 3 is 2.67 bits per heavy atom. The first-order chi connectivity index (χ1) is 12.6. The Morgan fingerprint density at radius 2 is 2.07 bits per heavy atom. The van der Waals surface area contributed by atoms with Gasteiger partial charge in [-0.1, -0.05) is 0 Å². The Balaban J connectivity index is 1.40. The first-order valence-electron chi connectivity index (χ1n) is 8.46. The highest BCUT2D eigenvalue weighted by molar-refractivity contribution is 7.88. The number of amides is 1. The molecule has 0 bridgehead atoms. The summed E-state index contributed by atoms with van der Waals surface area (Å²) in [7, 11) is -4.11. The van der Waals surface area contributed by atoms with Crippen molar-refractivity contribution in [3.8, 4) is 0 Å². The van der Waals surface area contributed by atoms with Crippen molar-refractivity contribution >= 4 is 38.3 Å². The number of nitrogens with one attached hydrogen (secondary N) is 1. The first-order valence-corrected chi connectivity index (χ1v) is 11.8. The molecule has 3 aliphatic heterocycles. The van der Waals surface area contributed by atoms with E-state index < -0.39 is 38.8 Å². The van der Waals surface area contributed by atoms with E-state index >= 15 is 0 Å². The number of anilines is 2. The van der Waals surface area contributed by atoms with Crippen molar-refractivity contribution in [3.63, 3.8) is 0 Å². The quantitative estimate of drug-likeness (QED) is 0.739. The predicted octanol–water partition coefficient (Wildman–Crippen LogP) is 0.269. The summed E-state index contributed by atoms with van der Waals surface area (Å²) < 4.78 is 55.6. The van der Waals surface area contributed by atoms with E-state index in [0.29, 0.717) is 36.0 Å². The molecule has 27 heavy (non-hydrogen) atoms. The summed E-state index contributed by atoms with van der Waals surface area (Å²) in [5.74, 6) is 0.936. The maximum atomic E-state index is 14.6. The lowest BCUT2D eigenvalue weighted by molar-refractivity contribution is 0.143. The van der Waals surface area contributed by atoms with Crippen molar-refractivity contribution in [3.05, 3.63) is 24.0 Å². The van der Waals surface area contributed by atoms with Gasteiger partial charge in [0.2, 0.25) is 10.0 Å². The molecule has 1 spiro atoms. The molecule has 3 fully saturated rings. The van der Waals surface area contributed by atoms with Crippen LogP contribution in [0.15, 0.2) is 18.2 Å². The second-order valence-corrected chi connectivity index (χ2v) is 10.7. The van der Waals surface area contributed by atoms with Crippen LogP contribution < -0.4 is 14.5 Å². The number of hydrogen-bond acceptors (Lipinski definition) is 6. The van der Waals surface area contributed by atoms with Gasteiger partial charge in [-0.25, -0.2) is 22.3 Å². The van der Waals surface area contributed by atoms with Gasteiger partial charge in [0.05, 0.1) is 24.2 Å². The second kappa shape index (κ2) is 6.42. The van der Waals surface area contributed by atoms with E-state index in [-0.39, 0.29) is 18.5 Å². The molecule has 1 N–H and O–H groups in total. The van der Waals surface area contributed by atoms with Crippen molar-refractivity contribution in [1.29, 1.82) is 0 Å². The molecule has 1 amide bonds. The fraction of sp³-hybridized carbons (Fsp3) is 0.562. The number of hydrogen-bond donors (Lipinski definition) is 1. The molecule has 0 unspecified atom stereocenters. The van der Waals surface area contributed by atoms with Crippen LogP contribution in [0.4, 0.5) is 20.6 Å². The van der Waals surface area contributed by atoms with Gasteiger partial charge in [-0.05, 0) is 18.2 Å². The monoisotopic (exact) mass is 417 g/mol. The Labute approximate surface area is 159 Å². The van der Waals surface area contributed by atoms with Crippen molar-refractivity contribution in [2.75, 3.05) is 53.7 Å². The van der Waals surface area contributed by atoms with E-state index in [1.807, 2.05) is 4.90 Å². The highest BCUT2D eigenvalue weighted by atomic mass is 32.2. The highest BCUT2D eigenvalue weighted by Gasteiger charge is 2.52. The van der Waals surface area contributed by atoms with Gasteiger partial charge in [-0.15, -0.1) is 0 Å². The number of rotatable bonds is 5. The number of ether oxygens (including phenoxy) is 1. The van der Waals surface area contributed by atoms with Gasteiger partial charge in [0.15, 0.2) is 0 Å². The van der Waals surface area contributed by atoms with Crippen LogP contribution in [0.1, 0.15) is 0 Å². The van der Waals surface area contributed by atoms with Crippen LogP contribution in [0.25, 0.3) is 0 Å². The molecule has 0 aromatic heterocycles. The van der Waals surface area contributed by atoms with E-state index in [1.165, 1.54) is 11.0 Å². The average Bonchev–Trinajstić information content (AvgIpc) is 2.88. The summed E-state index contributed by atoms with van der Waals surface area (Å²) in [5, 5.41) is 0. The fourth-order valence-electron chi connectivity index (χ4n) is 3.76. The van der Waals surface area contributed by atoms with Gasteiger partial charge in [-0.2, -0.15) is 0 Å². The van der Waals surface area contributed by atoms with Gasteiger partial charge in [-0.3, -0.25) is 9.11 Å². The van der Waals surface area contributed by atoms with Crippen molar-refractivity contribution in [2.24, 2.45) is 5.41 Å². The first kappa shape index (κ1) is 18.6. The summed E-state index contributed by atoms with van der Waals surface area (Å²) in [4.78, 5) is 15.2. The van der Waals surface area contributed by atoms with Crippen LogP contribution in [0.5, 0.6) is 0 Å². The summed E-state index contributed by atoms with van der Waals surface area (Å²) >= 11 is 0. The maximum absolute atomic E-state index is 14.6. The van der Waals surface area contributed by atoms with Gasteiger partial charge in [0, 0.05) is 47.4 Å². The molecule has 3 heterocycles. The van der Waals surface area contributed by atoms with Crippen LogP contribution in [0, 0.1) is 11.2 Å². The van der Waals surface area contributed by atoms with Gasteiger partial charge >= 0.3 is 6.09 Å². The molecule has 3 aliphatic rings. The van der Waals surface area contributed by atoms with Crippen LogP contribution in [0.3, 0.4) is 0 Å². The Morgan fingerprint density at radius 1 is 1.37 bits per heavy atom. The number of halogens is 1. The zero-order valence-corrected chi connectivity index (χ0v) is 16.3. The lowest BCUT2D eigenvalue weighted by Gasteiger charge is -2.55. The van der Waals surface area contributed by atoms with Crippen LogP contribution >= 0.6 is 0 Å². The molecule has 11 heteroatoms. The minimum absolute atomic E-state index is 0.0289. The molecule has 8 nitrogen and oxygen atoms in total. The Hall–Kier alpha value is -1.72. The lowest BCUT2D eigenvalue weighted by Crippen LogP contribution is -2.67. The number of benzene rings is 1. The summed E-state index contributed by atoms with van der Waals surface area (Å²) in [5.41, 5.74) is 0.905. The van der Waals surface area contributed by atoms with Crippen LogP contribution in [0.2, 0.25) is 0 Å². The van der Waals surface area contributed by atoms with Gasteiger partial charge in [0.1, 0.15) is 11.9 Å². The lowest BCUT2D eigenvalue weighted by atomic mass is 9.82. The van der Waals surface area contributed by atoms with E-state index in [4.69, 9.17) is 4.74 Å². The van der Waals surface area contributed by atoms with E-state index in [9.17, 15) is 21.8 Å². The number of sulfonamides is 1. The largest absolute Gasteiger partial charge is 0.443 e. The van der Waals surface area contributed by atoms with Gasteiger partial charge in [0.25, 0.3) is 0 Å². The zero-order valence-electron chi connectivity index (χ0n) is 14.7. The van der Waals surface area contributed by atoms with Crippen LogP contribution in [-0.2, 0) is 25.6 Å². The molecule has 148 valence electrons. The van der Waals surface area contributed by atoms with Crippen molar-refractivity contribution in [2.45, 2.75) is 6.10 Å². The third-order valence-corrected chi connectivity index (χ3v) is 7.58. The molecule has 1 aromatic rings. The molecule has 4 rings (SSSR count). The fourth-order valence-corrected chi connectivity index (χ4v) is 5.90. The van der Waals surface area contributed by atoms with E-state index in [1.54, 1.807) is 12.1 Å². The second-order valence-electron chi connectivity index (χ2n) is 7.46. The number of nitrogens with zero attached hydrogens (tertiary/aromatic N) is 2. The van der Waals surface area contributed by atoms with Crippen molar-refractivity contribution < 1.29 is 26.5 Å². The molecule has 0 saturated carbocycles. The molecule has 1 aromatic carbocycles. The SMILES string of the molecule is CS(=O)(=O)NC[C@H]1CN(c2ccc(N3CC4(C3)CS(=O)C4)c(F)c2)C(=O)O1. The standard InChI is InChI=1S/C16H20FN3O5S2/c1-27(23,24)18-5-12-6-20(15(21)25-12)11-2-3-14(13(17)4-11)19-7-16(8-19)9-26(22)10-16/h2-4,12,18H,5-10H2,1H3/t12-/m0/s1. The molecular formula is C16H20FN3O5S2. The summed E-state index contributed by atoms with van der Waals surface area (Å²) in [6.45, 7) is 1.50. The molecule has 0 radical (unpaired) electrons. The number of carbonyl (C=O) groups excluding carboxylic acids is 1. The molecule has 3 saturated heterocycles. The van der Waals surface area contributed by atoms with Gasteiger partial charge < -0.3 is 9.64 Å². The third kappa shape index (κ3) is 3.67. The van der Waals surface area contributed by atoms with Crippen LogP contribution in [-0.4, -0.2) is 68.8 Å². The Kier molecular flexibility index (Phi) is 4.43. The van der Waals surface area contributed by atoms with E-state index in [2.05, 4.69) is 4.72 Å². The highest BCUT2D eigenvalue weighted by Crippen LogP contribution is 2.43. The summed E-state index contributed by atoms with van der Waals surface area (Å²) in [6.07, 6.45) is -0.247. The normalized spacial score (nSPS) is 24.7. The molecule has 0 aliphatic carbocycles. The average molecular weight is 417 g/mol. The number of carbonyl (C=O) groups is 1. The minimum atomic E-state index is -3.38. The molecule has 1 atom stereocenters. The van der Waals surface area contributed by atoms with E-state index in [0.717, 1.165) is 6.26 Å². The number of cyclic esters (lactones) is 1. The van der Waals surface area contributed by atoms with Crippen molar-refractivity contribution in [1.82, 2.24) is 4.72 Å². The predicted molar refractivity (Wildman–Crippen MR) is 99.4 cm³/mol.